The number of ether oxygens (including phenoxy) is 1. The minimum atomic E-state index is 0.760. The monoisotopic (exact) mass is 241 g/mol. The van der Waals surface area contributed by atoms with Gasteiger partial charge in [0.2, 0.25) is 0 Å². The summed E-state index contributed by atoms with van der Waals surface area (Å²) in [4.78, 5) is 0. The molecule has 0 radical (unpaired) electrons. The van der Waals surface area contributed by atoms with E-state index in [9.17, 15) is 0 Å². The summed E-state index contributed by atoms with van der Waals surface area (Å²) in [5.74, 6) is 0. The number of hydrogen-bond donors (Lipinski definition) is 1. The highest BCUT2D eigenvalue weighted by Crippen LogP contribution is 2.29. The third-order valence-corrected chi connectivity index (χ3v) is 3.11. The second-order valence-corrected chi connectivity index (χ2v) is 4.11. The van der Waals surface area contributed by atoms with Crippen molar-refractivity contribution in [1.29, 1.82) is 0 Å². The van der Waals surface area contributed by atoms with Gasteiger partial charge in [-0.15, -0.1) is 0 Å². The number of fused-ring (bicyclic) bond motifs is 1. The van der Waals surface area contributed by atoms with E-state index in [1.54, 1.807) is 0 Å². The van der Waals surface area contributed by atoms with Gasteiger partial charge in [-0.2, -0.15) is 0 Å². The van der Waals surface area contributed by atoms with E-state index >= 15 is 0 Å². The van der Waals surface area contributed by atoms with Crippen LogP contribution in [-0.2, 0) is 17.8 Å². The van der Waals surface area contributed by atoms with Crippen molar-refractivity contribution in [3.63, 3.8) is 0 Å². The predicted molar refractivity (Wildman–Crippen MR) is 75.3 cm³/mol. The van der Waals surface area contributed by atoms with Crippen LogP contribution in [0, 0.1) is 0 Å². The van der Waals surface area contributed by atoms with E-state index in [2.05, 4.69) is 54.3 Å². The molecule has 0 aliphatic carbocycles. The van der Waals surface area contributed by atoms with Crippen LogP contribution in [0.2, 0.25) is 0 Å². The smallest absolute Gasteiger partial charge is 0.0719 e. The first-order valence-corrected chi connectivity index (χ1v) is 6.27. The standard InChI is InChI=1S/C15H14O.CH5N/c1-2-5-12(6-3-1)14-8-4-7-13-11-16-10-9-15(13)14;1-2/h1-8H,9-11H2;2H2,1H3. The molecule has 0 saturated carbocycles. The Labute approximate surface area is 108 Å². The average molecular weight is 241 g/mol. The maximum Gasteiger partial charge on any atom is 0.0719 e. The lowest BCUT2D eigenvalue weighted by Crippen LogP contribution is -2.10. The maximum atomic E-state index is 5.49. The average Bonchev–Trinajstić information content (AvgIpc) is 2.50. The molecule has 2 heteroatoms. The highest BCUT2D eigenvalue weighted by Gasteiger charge is 2.13. The van der Waals surface area contributed by atoms with Gasteiger partial charge < -0.3 is 10.5 Å². The summed E-state index contributed by atoms with van der Waals surface area (Å²) in [7, 11) is 1.50. The minimum absolute atomic E-state index is 0.760. The van der Waals surface area contributed by atoms with Gasteiger partial charge in [-0.3, -0.25) is 0 Å². The zero-order chi connectivity index (χ0) is 12.8. The lowest BCUT2D eigenvalue weighted by molar-refractivity contribution is 0.111. The van der Waals surface area contributed by atoms with E-state index in [1.807, 2.05) is 0 Å². The Kier molecular flexibility index (Phi) is 4.51. The van der Waals surface area contributed by atoms with Crippen LogP contribution in [0.5, 0.6) is 0 Å². The van der Waals surface area contributed by atoms with Crippen molar-refractivity contribution >= 4 is 0 Å². The summed E-state index contributed by atoms with van der Waals surface area (Å²) in [6.07, 6.45) is 1.03. The first-order valence-electron chi connectivity index (χ1n) is 6.27. The van der Waals surface area contributed by atoms with Crippen molar-refractivity contribution in [2.45, 2.75) is 13.0 Å². The fraction of sp³-hybridized carbons (Fsp3) is 0.250. The topological polar surface area (TPSA) is 35.2 Å². The van der Waals surface area contributed by atoms with Gasteiger partial charge >= 0.3 is 0 Å². The van der Waals surface area contributed by atoms with Gasteiger partial charge in [0, 0.05) is 0 Å². The molecular weight excluding hydrogens is 222 g/mol. The highest BCUT2D eigenvalue weighted by atomic mass is 16.5. The first kappa shape index (κ1) is 12.8. The molecular formula is C16H19NO. The molecule has 2 nitrogen and oxygen atoms in total. The molecule has 0 bridgehead atoms. The molecule has 2 aromatic rings. The van der Waals surface area contributed by atoms with Gasteiger partial charge in [0.1, 0.15) is 0 Å². The fourth-order valence-corrected chi connectivity index (χ4v) is 2.31. The van der Waals surface area contributed by atoms with Crippen LogP contribution >= 0.6 is 0 Å². The van der Waals surface area contributed by atoms with Crippen molar-refractivity contribution < 1.29 is 4.74 Å². The van der Waals surface area contributed by atoms with E-state index in [0.29, 0.717) is 0 Å². The molecule has 18 heavy (non-hydrogen) atoms. The lowest BCUT2D eigenvalue weighted by Gasteiger charge is -2.19. The van der Waals surface area contributed by atoms with Crippen molar-refractivity contribution in [2.24, 2.45) is 5.73 Å². The van der Waals surface area contributed by atoms with E-state index in [-0.39, 0.29) is 0 Å². The van der Waals surface area contributed by atoms with E-state index in [0.717, 1.165) is 19.6 Å². The Balaban J connectivity index is 0.000000574. The SMILES string of the molecule is CN.c1ccc(-c2cccc3c2CCOC3)cc1. The lowest BCUT2D eigenvalue weighted by atomic mass is 9.93. The Hall–Kier alpha value is -1.64. The van der Waals surface area contributed by atoms with Crippen LogP contribution < -0.4 is 5.73 Å². The van der Waals surface area contributed by atoms with Gasteiger partial charge in [-0.1, -0.05) is 48.5 Å². The third kappa shape index (κ3) is 2.61. The molecule has 0 fully saturated rings. The predicted octanol–water partition coefficient (Wildman–Crippen LogP) is 3.00. The van der Waals surface area contributed by atoms with Crippen molar-refractivity contribution in [3.8, 4) is 11.1 Å². The molecule has 2 aromatic carbocycles. The summed E-state index contributed by atoms with van der Waals surface area (Å²) in [6, 6.07) is 17.1. The maximum absolute atomic E-state index is 5.49. The van der Waals surface area contributed by atoms with Gasteiger partial charge in [0.25, 0.3) is 0 Å². The Morgan fingerprint density at radius 1 is 0.944 bits per heavy atom. The quantitative estimate of drug-likeness (QED) is 0.833. The summed E-state index contributed by atoms with van der Waals surface area (Å²) in [5, 5.41) is 0. The summed E-state index contributed by atoms with van der Waals surface area (Å²) in [5.41, 5.74) is 9.97. The molecule has 94 valence electrons. The molecule has 1 heterocycles. The van der Waals surface area contributed by atoms with Crippen LogP contribution in [0.15, 0.2) is 48.5 Å². The second kappa shape index (κ2) is 6.34. The molecule has 1 aliphatic heterocycles. The van der Waals surface area contributed by atoms with E-state index in [1.165, 1.54) is 29.3 Å². The third-order valence-electron chi connectivity index (χ3n) is 3.11. The number of nitrogens with two attached hydrogens (primary N) is 1. The molecule has 0 spiro atoms. The molecule has 3 rings (SSSR count). The van der Waals surface area contributed by atoms with E-state index in [4.69, 9.17) is 4.74 Å². The zero-order valence-corrected chi connectivity index (χ0v) is 10.7. The first-order chi connectivity index (χ1) is 8.95. The number of hydrogen-bond acceptors (Lipinski definition) is 2. The summed E-state index contributed by atoms with van der Waals surface area (Å²) in [6.45, 7) is 1.60. The van der Waals surface area contributed by atoms with Gasteiger partial charge in [-0.25, -0.2) is 0 Å². The molecule has 1 aliphatic rings. The van der Waals surface area contributed by atoms with Crippen LogP contribution in [0.25, 0.3) is 11.1 Å². The van der Waals surface area contributed by atoms with Crippen LogP contribution in [0.3, 0.4) is 0 Å². The fourth-order valence-electron chi connectivity index (χ4n) is 2.31. The molecule has 2 N–H and O–H groups in total. The Morgan fingerprint density at radius 2 is 1.72 bits per heavy atom. The summed E-state index contributed by atoms with van der Waals surface area (Å²) < 4.78 is 5.49. The van der Waals surface area contributed by atoms with Gasteiger partial charge in [-0.05, 0) is 35.7 Å². The molecule has 0 amide bonds. The molecule has 0 atom stereocenters. The summed E-state index contributed by atoms with van der Waals surface area (Å²) >= 11 is 0. The largest absolute Gasteiger partial charge is 0.376 e. The minimum Gasteiger partial charge on any atom is -0.376 e. The van der Waals surface area contributed by atoms with Crippen molar-refractivity contribution in [3.05, 3.63) is 59.7 Å². The normalized spacial score (nSPS) is 13.2. The van der Waals surface area contributed by atoms with Crippen LogP contribution in [0.1, 0.15) is 11.1 Å². The number of benzene rings is 2. The highest BCUT2D eigenvalue weighted by molar-refractivity contribution is 5.68. The Morgan fingerprint density at radius 3 is 2.50 bits per heavy atom. The van der Waals surface area contributed by atoms with Crippen molar-refractivity contribution in [1.82, 2.24) is 0 Å². The Bertz CT molecular complexity index is 494. The molecule has 0 aromatic heterocycles. The molecule has 0 unspecified atom stereocenters. The van der Waals surface area contributed by atoms with Gasteiger partial charge in [0.05, 0.1) is 13.2 Å². The molecule has 0 saturated heterocycles. The van der Waals surface area contributed by atoms with Crippen LogP contribution in [-0.4, -0.2) is 13.7 Å². The number of rotatable bonds is 1. The second-order valence-electron chi connectivity index (χ2n) is 4.11. The van der Waals surface area contributed by atoms with E-state index < -0.39 is 0 Å². The van der Waals surface area contributed by atoms with Crippen LogP contribution in [0.4, 0.5) is 0 Å². The zero-order valence-electron chi connectivity index (χ0n) is 10.7. The van der Waals surface area contributed by atoms with Gasteiger partial charge in [0.15, 0.2) is 0 Å². The van der Waals surface area contributed by atoms with Crippen molar-refractivity contribution in [2.75, 3.05) is 13.7 Å².